The summed E-state index contributed by atoms with van der Waals surface area (Å²) in [5.41, 5.74) is 0.681. The van der Waals surface area contributed by atoms with Gasteiger partial charge in [0.2, 0.25) is 5.91 Å². The number of rotatable bonds is 2. The van der Waals surface area contributed by atoms with E-state index in [4.69, 9.17) is 0 Å². The lowest BCUT2D eigenvalue weighted by Crippen LogP contribution is -2.45. The van der Waals surface area contributed by atoms with Gasteiger partial charge in [-0.15, -0.1) is 0 Å². The van der Waals surface area contributed by atoms with Crippen molar-refractivity contribution in [1.29, 1.82) is 0 Å². The summed E-state index contributed by atoms with van der Waals surface area (Å²) in [6.45, 7) is 3.12. The first-order valence-corrected chi connectivity index (χ1v) is 6.94. The summed E-state index contributed by atoms with van der Waals surface area (Å²) >= 11 is 0. The van der Waals surface area contributed by atoms with E-state index in [2.05, 4.69) is 5.32 Å². The van der Waals surface area contributed by atoms with E-state index in [1.54, 1.807) is 6.07 Å². The molecule has 0 radical (unpaired) electrons. The van der Waals surface area contributed by atoms with Crippen LogP contribution in [-0.2, 0) is 11.3 Å². The zero-order valence-electron chi connectivity index (χ0n) is 11.0. The van der Waals surface area contributed by atoms with E-state index in [0.717, 1.165) is 44.5 Å². The van der Waals surface area contributed by atoms with Crippen LogP contribution in [0.5, 0.6) is 0 Å². The van der Waals surface area contributed by atoms with Crippen LogP contribution >= 0.6 is 0 Å². The van der Waals surface area contributed by atoms with Crippen molar-refractivity contribution in [2.45, 2.75) is 25.8 Å². The highest BCUT2D eigenvalue weighted by molar-refractivity contribution is 5.85. The van der Waals surface area contributed by atoms with Crippen LogP contribution in [0.1, 0.15) is 24.8 Å². The Labute approximate surface area is 112 Å². The molecule has 1 atom stereocenters. The molecule has 0 aromatic heterocycles. The van der Waals surface area contributed by atoms with Crippen molar-refractivity contribution in [3.8, 4) is 0 Å². The molecule has 1 amide bonds. The van der Waals surface area contributed by atoms with Gasteiger partial charge in [0.25, 0.3) is 0 Å². The summed E-state index contributed by atoms with van der Waals surface area (Å²) in [5.74, 6) is 0.00199. The van der Waals surface area contributed by atoms with E-state index in [-0.39, 0.29) is 17.1 Å². The van der Waals surface area contributed by atoms with Crippen LogP contribution in [0, 0.1) is 11.2 Å². The summed E-state index contributed by atoms with van der Waals surface area (Å²) in [4.78, 5) is 14.4. The zero-order valence-corrected chi connectivity index (χ0v) is 11.0. The van der Waals surface area contributed by atoms with Gasteiger partial charge in [0.1, 0.15) is 5.82 Å². The second-order valence-corrected chi connectivity index (χ2v) is 5.67. The van der Waals surface area contributed by atoms with Gasteiger partial charge in [-0.2, -0.15) is 0 Å². The van der Waals surface area contributed by atoms with Crippen molar-refractivity contribution in [3.63, 3.8) is 0 Å². The molecule has 2 aliphatic heterocycles. The number of nitrogens with zero attached hydrogens (tertiary/aromatic N) is 1. The van der Waals surface area contributed by atoms with Crippen LogP contribution in [0.3, 0.4) is 0 Å². The van der Waals surface area contributed by atoms with E-state index in [1.807, 2.05) is 11.0 Å². The van der Waals surface area contributed by atoms with Gasteiger partial charge in [-0.25, -0.2) is 4.39 Å². The van der Waals surface area contributed by atoms with Gasteiger partial charge in [0.05, 0.1) is 5.41 Å². The minimum atomic E-state index is -0.238. The fraction of sp³-hybridized carbons (Fsp3) is 0.533. The van der Waals surface area contributed by atoms with Gasteiger partial charge >= 0.3 is 0 Å². The average molecular weight is 262 g/mol. The molecule has 1 unspecified atom stereocenters. The van der Waals surface area contributed by atoms with Crippen LogP contribution in [-0.4, -0.2) is 30.4 Å². The lowest BCUT2D eigenvalue weighted by Gasteiger charge is -2.32. The Balaban J connectivity index is 1.72. The zero-order chi connectivity index (χ0) is 13.3. The third kappa shape index (κ3) is 2.37. The number of amides is 1. The van der Waals surface area contributed by atoms with Crippen LogP contribution in [0.4, 0.5) is 4.39 Å². The molecule has 2 fully saturated rings. The Morgan fingerprint density at radius 3 is 3.00 bits per heavy atom. The molecule has 1 N–H and O–H groups in total. The molecule has 2 heterocycles. The van der Waals surface area contributed by atoms with Crippen LogP contribution in [0.25, 0.3) is 0 Å². The molecule has 2 saturated heterocycles. The van der Waals surface area contributed by atoms with Gasteiger partial charge in [-0.05, 0) is 43.5 Å². The first kappa shape index (κ1) is 12.6. The number of carbonyl (C=O) groups excluding carboxylic acids is 1. The van der Waals surface area contributed by atoms with Crippen LogP contribution < -0.4 is 5.32 Å². The molecule has 3 rings (SSSR count). The SMILES string of the molecule is O=C1N(Cc2cccc(F)c2)CCC12CCCNC2. The standard InChI is InChI=1S/C15H19FN2O/c16-13-4-1-3-12(9-13)10-18-8-6-15(14(18)19)5-2-7-17-11-15/h1,3-4,9,17H,2,5-8,10-11H2. The highest BCUT2D eigenvalue weighted by Gasteiger charge is 2.46. The maximum atomic E-state index is 13.2. The smallest absolute Gasteiger partial charge is 0.230 e. The molecule has 1 spiro atoms. The second kappa shape index (κ2) is 4.93. The predicted molar refractivity (Wildman–Crippen MR) is 71.0 cm³/mol. The fourth-order valence-corrected chi connectivity index (χ4v) is 3.26. The van der Waals surface area contributed by atoms with E-state index in [9.17, 15) is 9.18 Å². The number of halogens is 1. The predicted octanol–water partition coefficient (Wildman–Crippen LogP) is 1.93. The molecular formula is C15H19FN2O. The van der Waals surface area contributed by atoms with Gasteiger partial charge in [0, 0.05) is 19.6 Å². The van der Waals surface area contributed by atoms with Crippen molar-refractivity contribution < 1.29 is 9.18 Å². The molecule has 1 aromatic carbocycles. The monoisotopic (exact) mass is 262 g/mol. The molecule has 102 valence electrons. The topological polar surface area (TPSA) is 32.3 Å². The van der Waals surface area contributed by atoms with Crippen molar-refractivity contribution >= 4 is 5.91 Å². The Kier molecular flexibility index (Phi) is 3.27. The molecule has 2 aliphatic rings. The third-order valence-corrected chi connectivity index (χ3v) is 4.34. The highest BCUT2D eigenvalue weighted by atomic mass is 19.1. The molecule has 0 saturated carbocycles. The molecule has 4 heteroatoms. The average Bonchev–Trinajstić information content (AvgIpc) is 2.70. The number of carbonyl (C=O) groups is 1. The van der Waals surface area contributed by atoms with Gasteiger partial charge < -0.3 is 10.2 Å². The molecular weight excluding hydrogens is 243 g/mol. The molecule has 0 bridgehead atoms. The van der Waals surface area contributed by atoms with Gasteiger partial charge in [-0.1, -0.05) is 12.1 Å². The number of hydrogen-bond acceptors (Lipinski definition) is 2. The second-order valence-electron chi connectivity index (χ2n) is 5.67. The fourth-order valence-electron chi connectivity index (χ4n) is 3.26. The van der Waals surface area contributed by atoms with Crippen LogP contribution in [0.15, 0.2) is 24.3 Å². The van der Waals surface area contributed by atoms with E-state index in [1.165, 1.54) is 12.1 Å². The first-order valence-electron chi connectivity index (χ1n) is 6.94. The highest BCUT2D eigenvalue weighted by Crippen LogP contribution is 2.38. The summed E-state index contributed by atoms with van der Waals surface area (Å²) < 4.78 is 13.2. The Bertz CT molecular complexity index is 483. The maximum Gasteiger partial charge on any atom is 0.230 e. The van der Waals surface area contributed by atoms with Crippen molar-refractivity contribution in [2.24, 2.45) is 5.41 Å². The number of piperidine rings is 1. The minimum absolute atomic E-state index is 0.189. The summed E-state index contributed by atoms with van der Waals surface area (Å²) in [5, 5.41) is 3.33. The first-order chi connectivity index (χ1) is 9.20. The quantitative estimate of drug-likeness (QED) is 0.883. The van der Waals surface area contributed by atoms with Crippen molar-refractivity contribution in [1.82, 2.24) is 10.2 Å². The third-order valence-electron chi connectivity index (χ3n) is 4.34. The molecule has 3 nitrogen and oxygen atoms in total. The molecule has 1 aromatic rings. The largest absolute Gasteiger partial charge is 0.338 e. The molecule has 19 heavy (non-hydrogen) atoms. The number of hydrogen-bond donors (Lipinski definition) is 1. The number of nitrogens with one attached hydrogen (secondary N) is 1. The van der Waals surface area contributed by atoms with E-state index < -0.39 is 0 Å². The summed E-state index contributed by atoms with van der Waals surface area (Å²) in [6.07, 6.45) is 2.98. The lowest BCUT2D eigenvalue weighted by atomic mass is 9.79. The Hall–Kier alpha value is -1.42. The van der Waals surface area contributed by atoms with Gasteiger partial charge in [0.15, 0.2) is 0 Å². The maximum absolute atomic E-state index is 13.2. The molecule has 0 aliphatic carbocycles. The van der Waals surface area contributed by atoms with E-state index in [0.29, 0.717) is 6.54 Å². The van der Waals surface area contributed by atoms with Crippen LogP contribution in [0.2, 0.25) is 0 Å². The Morgan fingerprint density at radius 2 is 2.26 bits per heavy atom. The minimum Gasteiger partial charge on any atom is -0.338 e. The summed E-state index contributed by atoms with van der Waals surface area (Å²) in [7, 11) is 0. The van der Waals surface area contributed by atoms with Crippen molar-refractivity contribution in [3.05, 3.63) is 35.6 Å². The normalized spacial score (nSPS) is 27.2. The Morgan fingerprint density at radius 1 is 1.37 bits per heavy atom. The van der Waals surface area contributed by atoms with E-state index >= 15 is 0 Å². The summed E-state index contributed by atoms with van der Waals surface area (Å²) in [6, 6.07) is 6.52. The number of benzene rings is 1. The van der Waals surface area contributed by atoms with Crippen molar-refractivity contribution in [2.75, 3.05) is 19.6 Å². The number of likely N-dealkylation sites (tertiary alicyclic amines) is 1. The van der Waals surface area contributed by atoms with Gasteiger partial charge in [-0.3, -0.25) is 4.79 Å². The lowest BCUT2D eigenvalue weighted by molar-refractivity contribution is -0.137.